The van der Waals surface area contributed by atoms with Crippen molar-refractivity contribution in [1.82, 2.24) is 0 Å². The summed E-state index contributed by atoms with van der Waals surface area (Å²) in [6.45, 7) is 11.8. The average molecular weight is 272 g/mol. The molecule has 0 unspecified atom stereocenters. The van der Waals surface area contributed by atoms with Crippen LogP contribution in [0.5, 0.6) is 0 Å². The number of hydrogen-bond acceptors (Lipinski definition) is 1. The summed E-state index contributed by atoms with van der Waals surface area (Å²) in [5, 5.41) is 2.60. The van der Waals surface area contributed by atoms with Crippen LogP contribution in [-0.2, 0) is 0 Å². The van der Waals surface area contributed by atoms with E-state index in [2.05, 4.69) is 5.32 Å². The van der Waals surface area contributed by atoms with Crippen molar-refractivity contribution in [3.05, 3.63) is 29.1 Å². The highest BCUT2D eigenvalue weighted by atomic mass is 19.1. The second-order valence-corrected chi connectivity index (χ2v) is 4.76. The maximum absolute atomic E-state index is 13.5. The lowest BCUT2D eigenvalue weighted by Crippen LogP contribution is -2.22. The van der Waals surface area contributed by atoms with Gasteiger partial charge in [-0.15, -0.1) is 0 Å². The van der Waals surface area contributed by atoms with Crippen LogP contribution in [0.3, 0.4) is 0 Å². The summed E-state index contributed by atoms with van der Waals surface area (Å²) < 4.78 is 13.5. The lowest BCUT2D eigenvalue weighted by atomic mass is 9.92. The first-order valence-corrected chi connectivity index (χ1v) is 6.72. The van der Waals surface area contributed by atoms with Gasteiger partial charge in [0.1, 0.15) is 5.82 Å². The Balaban J connectivity index is -0.000000774. The highest BCUT2D eigenvalue weighted by Gasteiger charge is 2.16. The Morgan fingerprint density at radius 1 is 1.16 bits per heavy atom. The average Bonchev–Trinajstić information content (AvgIpc) is 2.32. The molecule has 0 atom stereocenters. The molecule has 3 nitrogen and oxygen atoms in total. The summed E-state index contributed by atoms with van der Waals surface area (Å²) in [5.41, 5.74) is 7.34. The number of amides is 2. The molecule has 0 saturated heterocycles. The molecule has 0 fully saturated rings. The van der Waals surface area contributed by atoms with Gasteiger partial charge in [0, 0.05) is 8.54 Å². The van der Waals surface area contributed by atoms with Crippen molar-refractivity contribution in [3.63, 3.8) is 0 Å². The zero-order chi connectivity index (χ0) is 15.2. The molecule has 112 valence electrons. The second kappa shape index (κ2) is 7.77. The number of primary amides is 1. The van der Waals surface area contributed by atoms with Crippen molar-refractivity contribution in [1.29, 1.82) is 0 Å². The third-order valence-electron chi connectivity index (χ3n) is 2.66. The number of urea groups is 1. The van der Waals surface area contributed by atoms with Crippen molar-refractivity contribution in [2.24, 2.45) is 5.73 Å². The van der Waals surface area contributed by atoms with Crippen LogP contribution in [0.1, 0.15) is 67.4 Å². The number of halogens is 1. The van der Waals surface area contributed by atoms with Crippen molar-refractivity contribution in [2.75, 3.05) is 5.32 Å². The van der Waals surface area contributed by atoms with Crippen LogP contribution in [0.25, 0.3) is 0 Å². The predicted octanol–water partition coefficient (Wildman–Crippen LogP) is 5.08. The van der Waals surface area contributed by atoms with E-state index in [1.165, 1.54) is 12.1 Å². The number of carbonyl (C=O) groups excluding carboxylic acids is 1. The number of carbonyl (C=O) groups is 1. The Labute approximate surface area is 118 Å². The molecule has 1 aromatic rings. The van der Waals surface area contributed by atoms with E-state index in [9.17, 15) is 9.18 Å². The Hall–Kier alpha value is -1.58. The number of rotatable bonds is 3. The van der Waals surface area contributed by atoms with Gasteiger partial charge in [-0.1, -0.05) is 41.5 Å². The fourth-order valence-corrected chi connectivity index (χ4v) is 1.83. The van der Waals surface area contributed by atoms with Crippen LogP contribution in [0.2, 0.25) is 0 Å². The summed E-state index contributed by atoms with van der Waals surface area (Å²) in [6.07, 6.45) is 0. The molecule has 2 amide bonds. The Kier molecular flexibility index (Phi) is 7.12. The minimum atomic E-state index is -0.625. The summed E-state index contributed by atoms with van der Waals surface area (Å²) in [5.74, 6) is -0.0532. The Bertz CT molecular complexity index is 409. The number of anilines is 1. The van der Waals surface area contributed by atoms with Gasteiger partial charge in [-0.3, -0.25) is 0 Å². The van der Waals surface area contributed by atoms with E-state index in [0.717, 1.165) is 11.1 Å². The lowest BCUT2D eigenvalue weighted by Gasteiger charge is -2.19. The van der Waals surface area contributed by atoms with Crippen LogP contribution in [0.15, 0.2) is 12.1 Å². The summed E-state index contributed by atoms with van der Waals surface area (Å²) >= 11 is 0. The highest BCUT2D eigenvalue weighted by Crippen LogP contribution is 2.33. The maximum atomic E-state index is 13.5. The van der Waals surface area contributed by atoms with Gasteiger partial charge < -0.3 is 11.1 Å². The first-order chi connectivity index (χ1) is 8.82. The maximum Gasteiger partial charge on any atom is 0.316 e. The van der Waals surface area contributed by atoms with Crippen LogP contribution >= 0.6 is 0 Å². The molecule has 0 radical (unpaired) electrons. The molecule has 1 rings (SSSR count). The number of nitrogens with two attached hydrogens (primary N) is 1. The van der Waals surface area contributed by atoms with E-state index < -0.39 is 6.03 Å². The Morgan fingerprint density at radius 2 is 1.53 bits per heavy atom. The van der Waals surface area contributed by atoms with Crippen LogP contribution < -0.4 is 11.1 Å². The molecule has 0 bridgehead atoms. The van der Waals surface area contributed by atoms with E-state index in [1.807, 2.05) is 41.5 Å². The van der Waals surface area contributed by atoms with Gasteiger partial charge in [-0.05, 0) is 35.1 Å². The molecule has 0 aromatic heterocycles. The van der Waals surface area contributed by atoms with Gasteiger partial charge in [-0.2, -0.15) is 0 Å². The highest BCUT2D eigenvalue weighted by molar-refractivity contribution is 5.90. The zero-order valence-electron chi connectivity index (χ0n) is 12.7. The SMILES string of the molecule is CC.CC(C)c1cc(F)cc(C(C)C)c1NC(N)=O.[HH].[HH]. The van der Waals surface area contributed by atoms with E-state index >= 15 is 0 Å². The molecule has 0 aliphatic heterocycles. The van der Waals surface area contributed by atoms with Gasteiger partial charge in [0.15, 0.2) is 0 Å². The molecular weight excluding hydrogens is 243 g/mol. The van der Waals surface area contributed by atoms with Crippen molar-refractivity contribution in [2.45, 2.75) is 53.4 Å². The molecule has 19 heavy (non-hydrogen) atoms. The summed E-state index contributed by atoms with van der Waals surface area (Å²) in [6, 6.07) is 2.27. The first kappa shape index (κ1) is 17.4. The van der Waals surface area contributed by atoms with E-state index in [1.54, 1.807) is 0 Å². The Morgan fingerprint density at radius 3 is 1.79 bits per heavy atom. The smallest absolute Gasteiger partial charge is 0.316 e. The van der Waals surface area contributed by atoms with Crippen molar-refractivity contribution >= 4 is 11.7 Å². The minimum absolute atomic E-state index is 0. The minimum Gasteiger partial charge on any atom is -0.351 e. The fourth-order valence-electron chi connectivity index (χ4n) is 1.83. The first-order valence-electron chi connectivity index (χ1n) is 6.72. The monoisotopic (exact) mass is 272 g/mol. The number of nitrogens with one attached hydrogen (secondary N) is 1. The summed E-state index contributed by atoms with van der Waals surface area (Å²) in [7, 11) is 0. The summed E-state index contributed by atoms with van der Waals surface area (Å²) in [4.78, 5) is 11.0. The quantitative estimate of drug-likeness (QED) is 0.792. The molecular formula is C15H29FN2O. The van der Waals surface area contributed by atoms with Crippen LogP contribution in [-0.4, -0.2) is 6.03 Å². The largest absolute Gasteiger partial charge is 0.351 e. The molecule has 3 N–H and O–H groups in total. The predicted molar refractivity (Wildman–Crippen MR) is 83.4 cm³/mol. The van der Waals surface area contributed by atoms with Gasteiger partial charge in [0.05, 0.1) is 0 Å². The number of hydrogen-bond donors (Lipinski definition) is 2. The van der Waals surface area contributed by atoms with E-state index in [0.29, 0.717) is 5.69 Å². The van der Waals surface area contributed by atoms with Gasteiger partial charge in [0.2, 0.25) is 0 Å². The van der Waals surface area contributed by atoms with E-state index in [-0.39, 0.29) is 20.5 Å². The topological polar surface area (TPSA) is 55.1 Å². The van der Waals surface area contributed by atoms with Crippen LogP contribution in [0, 0.1) is 5.82 Å². The van der Waals surface area contributed by atoms with Crippen LogP contribution in [0.4, 0.5) is 14.9 Å². The molecule has 0 aliphatic rings. The zero-order valence-corrected chi connectivity index (χ0v) is 12.7. The van der Waals surface area contributed by atoms with Crippen molar-refractivity contribution in [3.8, 4) is 0 Å². The molecule has 4 heteroatoms. The molecule has 0 heterocycles. The normalized spacial score (nSPS) is 10.2. The second-order valence-electron chi connectivity index (χ2n) is 4.76. The molecule has 0 aliphatic carbocycles. The molecule has 0 saturated carbocycles. The fraction of sp³-hybridized carbons (Fsp3) is 0.533. The van der Waals surface area contributed by atoms with Gasteiger partial charge in [-0.25, -0.2) is 9.18 Å². The van der Waals surface area contributed by atoms with Gasteiger partial charge >= 0.3 is 6.03 Å². The third-order valence-corrected chi connectivity index (χ3v) is 2.66. The molecule has 0 spiro atoms. The standard InChI is InChI=1S/C13H19FN2O.C2H6.2H2/c1-7(2)10-5-9(14)6-11(8(3)4)12(10)16-13(15)17;1-2;;/h5-8H,1-4H3,(H3,15,16,17);1-2H3;2*1H. The van der Waals surface area contributed by atoms with Crippen molar-refractivity contribution < 1.29 is 12.0 Å². The number of benzene rings is 1. The van der Waals surface area contributed by atoms with E-state index in [4.69, 9.17) is 5.73 Å². The van der Waals surface area contributed by atoms with Gasteiger partial charge in [0.25, 0.3) is 0 Å². The molecule has 1 aromatic carbocycles. The third kappa shape index (κ3) is 4.89. The lowest BCUT2D eigenvalue weighted by molar-refractivity contribution is 0.259.